The SMILES string of the molecule is CC(C)c1nc(NCc2cccc3cc[nH]c23)nc(N(C)C)n1. The van der Waals surface area contributed by atoms with Crippen LogP contribution in [0, 0.1) is 0 Å². The number of aromatic amines is 1. The molecule has 0 unspecified atom stereocenters. The Kier molecular flexibility index (Phi) is 4.14. The van der Waals surface area contributed by atoms with Crippen LogP contribution < -0.4 is 10.2 Å². The van der Waals surface area contributed by atoms with Crippen LogP contribution in [0.3, 0.4) is 0 Å². The van der Waals surface area contributed by atoms with Gasteiger partial charge in [-0.3, -0.25) is 0 Å². The second kappa shape index (κ2) is 6.24. The van der Waals surface area contributed by atoms with Gasteiger partial charge in [-0.1, -0.05) is 32.0 Å². The average molecular weight is 310 g/mol. The summed E-state index contributed by atoms with van der Waals surface area (Å²) in [4.78, 5) is 18.7. The van der Waals surface area contributed by atoms with Gasteiger partial charge in [-0.2, -0.15) is 15.0 Å². The van der Waals surface area contributed by atoms with E-state index in [0.29, 0.717) is 18.4 Å². The van der Waals surface area contributed by atoms with Gasteiger partial charge in [0.25, 0.3) is 0 Å². The molecule has 120 valence electrons. The van der Waals surface area contributed by atoms with Gasteiger partial charge in [-0.25, -0.2) is 0 Å². The Bertz CT molecular complexity index is 779. The minimum Gasteiger partial charge on any atom is -0.361 e. The molecule has 3 aromatic rings. The van der Waals surface area contributed by atoms with Gasteiger partial charge in [-0.15, -0.1) is 0 Å². The quantitative estimate of drug-likeness (QED) is 0.757. The normalized spacial score (nSPS) is 11.2. The smallest absolute Gasteiger partial charge is 0.229 e. The van der Waals surface area contributed by atoms with Crippen LogP contribution in [0.5, 0.6) is 0 Å². The molecule has 3 rings (SSSR count). The lowest BCUT2D eigenvalue weighted by molar-refractivity contribution is 0.754. The Morgan fingerprint density at radius 2 is 1.96 bits per heavy atom. The zero-order valence-corrected chi connectivity index (χ0v) is 14.0. The van der Waals surface area contributed by atoms with E-state index in [9.17, 15) is 0 Å². The molecule has 0 aliphatic heterocycles. The van der Waals surface area contributed by atoms with Crippen LogP contribution in [0.4, 0.5) is 11.9 Å². The van der Waals surface area contributed by atoms with Gasteiger partial charge in [0.15, 0.2) is 0 Å². The lowest BCUT2D eigenvalue weighted by Crippen LogP contribution is -2.17. The van der Waals surface area contributed by atoms with E-state index in [2.05, 4.69) is 63.4 Å². The first-order valence-corrected chi connectivity index (χ1v) is 7.76. The van der Waals surface area contributed by atoms with Crippen LogP contribution >= 0.6 is 0 Å². The van der Waals surface area contributed by atoms with E-state index in [1.165, 1.54) is 10.9 Å². The van der Waals surface area contributed by atoms with E-state index in [1.807, 2.05) is 25.2 Å². The van der Waals surface area contributed by atoms with Gasteiger partial charge in [0, 0.05) is 32.8 Å². The van der Waals surface area contributed by atoms with Gasteiger partial charge >= 0.3 is 0 Å². The molecule has 0 atom stereocenters. The minimum atomic E-state index is 0.254. The summed E-state index contributed by atoms with van der Waals surface area (Å²) in [5.74, 6) is 2.33. The first-order chi connectivity index (χ1) is 11.0. The molecular weight excluding hydrogens is 288 g/mol. The van der Waals surface area contributed by atoms with Gasteiger partial charge < -0.3 is 15.2 Å². The van der Waals surface area contributed by atoms with Crippen molar-refractivity contribution in [3.63, 3.8) is 0 Å². The molecule has 0 fully saturated rings. The zero-order chi connectivity index (χ0) is 16.4. The summed E-state index contributed by atoms with van der Waals surface area (Å²) >= 11 is 0. The third kappa shape index (κ3) is 3.26. The molecule has 2 N–H and O–H groups in total. The molecule has 6 heteroatoms. The first-order valence-electron chi connectivity index (χ1n) is 7.76. The van der Waals surface area contributed by atoms with E-state index < -0.39 is 0 Å². The summed E-state index contributed by atoms with van der Waals surface area (Å²) in [5.41, 5.74) is 2.33. The maximum Gasteiger partial charge on any atom is 0.229 e. The van der Waals surface area contributed by atoms with Crippen molar-refractivity contribution >= 4 is 22.8 Å². The highest BCUT2D eigenvalue weighted by molar-refractivity contribution is 5.82. The van der Waals surface area contributed by atoms with Gasteiger partial charge in [-0.05, 0) is 17.0 Å². The number of rotatable bonds is 5. The molecule has 23 heavy (non-hydrogen) atoms. The number of H-pyrrole nitrogens is 1. The van der Waals surface area contributed by atoms with Crippen LogP contribution in [0.25, 0.3) is 10.9 Å². The van der Waals surface area contributed by atoms with Crippen molar-refractivity contribution in [1.29, 1.82) is 0 Å². The monoisotopic (exact) mass is 310 g/mol. The average Bonchev–Trinajstić information content (AvgIpc) is 3.01. The molecule has 6 nitrogen and oxygen atoms in total. The van der Waals surface area contributed by atoms with Gasteiger partial charge in [0.2, 0.25) is 11.9 Å². The summed E-state index contributed by atoms with van der Waals surface area (Å²) in [6.07, 6.45) is 1.96. The second-order valence-electron chi connectivity index (χ2n) is 6.08. The number of hydrogen-bond donors (Lipinski definition) is 2. The summed E-state index contributed by atoms with van der Waals surface area (Å²) in [7, 11) is 3.87. The molecule has 0 aliphatic rings. The fourth-order valence-electron chi connectivity index (χ4n) is 2.39. The number of aromatic nitrogens is 4. The molecule has 2 aromatic heterocycles. The van der Waals surface area contributed by atoms with Gasteiger partial charge in [0.05, 0.1) is 5.52 Å². The lowest BCUT2D eigenvalue weighted by atomic mass is 10.1. The van der Waals surface area contributed by atoms with Crippen molar-refractivity contribution < 1.29 is 0 Å². The van der Waals surface area contributed by atoms with Crippen molar-refractivity contribution in [2.24, 2.45) is 0 Å². The maximum absolute atomic E-state index is 4.53. The lowest BCUT2D eigenvalue weighted by Gasteiger charge is -2.15. The standard InChI is InChI=1S/C17H22N6/c1-11(2)15-20-16(22-17(21-15)23(3)4)19-10-13-7-5-6-12-8-9-18-14(12)13/h5-9,11,18H,10H2,1-4H3,(H,19,20,21,22). The topological polar surface area (TPSA) is 69.7 Å². The van der Waals surface area contributed by atoms with Crippen molar-refractivity contribution in [3.8, 4) is 0 Å². The Morgan fingerprint density at radius 3 is 2.70 bits per heavy atom. The fraction of sp³-hybridized carbons (Fsp3) is 0.353. The predicted molar refractivity (Wildman–Crippen MR) is 93.9 cm³/mol. The van der Waals surface area contributed by atoms with Crippen molar-refractivity contribution in [2.75, 3.05) is 24.3 Å². The molecule has 0 saturated heterocycles. The number of nitrogens with zero attached hydrogens (tertiary/aromatic N) is 4. The number of benzene rings is 1. The second-order valence-corrected chi connectivity index (χ2v) is 6.08. The Morgan fingerprint density at radius 1 is 1.13 bits per heavy atom. The Hall–Kier alpha value is -2.63. The van der Waals surface area contributed by atoms with Gasteiger partial charge in [0.1, 0.15) is 5.82 Å². The number of nitrogens with one attached hydrogen (secondary N) is 2. The molecule has 0 aliphatic carbocycles. The molecule has 0 amide bonds. The summed E-state index contributed by atoms with van der Waals surface area (Å²) in [5, 5.41) is 4.53. The molecule has 0 bridgehead atoms. The van der Waals surface area contributed by atoms with Crippen LogP contribution in [0.2, 0.25) is 0 Å². The largest absolute Gasteiger partial charge is 0.361 e. The third-order valence-electron chi connectivity index (χ3n) is 3.67. The van der Waals surface area contributed by atoms with E-state index >= 15 is 0 Å². The van der Waals surface area contributed by atoms with E-state index in [1.54, 1.807) is 0 Å². The maximum atomic E-state index is 4.53. The van der Waals surface area contributed by atoms with Crippen LogP contribution in [0.1, 0.15) is 31.2 Å². The van der Waals surface area contributed by atoms with Crippen molar-refractivity contribution in [2.45, 2.75) is 26.3 Å². The molecule has 0 saturated carbocycles. The molecular formula is C17H22N6. The van der Waals surface area contributed by atoms with E-state index in [4.69, 9.17) is 0 Å². The number of hydrogen-bond acceptors (Lipinski definition) is 5. The highest BCUT2D eigenvalue weighted by atomic mass is 15.3. The van der Waals surface area contributed by atoms with Crippen molar-refractivity contribution in [1.82, 2.24) is 19.9 Å². The first kappa shape index (κ1) is 15.3. The summed E-state index contributed by atoms with van der Waals surface area (Å²) in [6.45, 7) is 4.82. The van der Waals surface area contributed by atoms with E-state index in [-0.39, 0.29) is 5.92 Å². The molecule has 0 radical (unpaired) electrons. The molecule has 1 aromatic carbocycles. The Balaban J connectivity index is 1.86. The third-order valence-corrected chi connectivity index (χ3v) is 3.67. The summed E-state index contributed by atoms with van der Waals surface area (Å²) < 4.78 is 0. The minimum absolute atomic E-state index is 0.254. The Labute approximate surface area is 136 Å². The number of fused-ring (bicyclic) bond motifs is 1. The van der Waals surface area contributed by atoms with Crippen LogP contribution in [-0.4, -0.2) is 34.0 Å². The fourth-order valence-corrected chi connectivity index (χ4v) is 2.39. The van der Waals surface area contributed by atoms with Crippen LogP contribution in [0.15, 0.2) is 30.5 Å². The van der Waals surface area contributed by atoms with Crippen LogP contribution in [-0.2, 0) is 6.54 Å². The predicted octanol–water partition coefficient (Wildman–Crippen LogP) is 3.15. The molecule has 2 heterocycles. The highest BCUT2D eigenvalue weighted by Crippen LogP contribution is 2.19. The summed E-state index contributed by atoms with van der Waals surface area (Å²) in [6, 6.07) is 8.33. The number of anilines is 2. The highest BCUT2D eigenvalue weighted by Gasteiger charge is 2.11. The van der Waals surface area contributed by atoms with E-state index in [0.717, 1.165) is 11.3 Å². The number of para-hydroxylation sites is 1. The van der Waals surface area contributed by atoms with Crippen molar-refractivity contribution in [3.05, 3.63) is 41.9 Å². The zero-order valence-electron chi connectivity index (χ0n) is 14.0. The molecule has 0 spiro atoms.